The highest BCUT2D eigenvalue weighted by Gasteiger charge is 2.52. The Bertz CT molecular complexity index is 640. The molecular formula is C15H20N2O7S. The Hall–Kier alpha value is -2.36. The summed E-state index contributed by atoms with van der Waals surface area (Å²) in [5.74, 6) is -3.76. The molecule has 0 aromatic carbocycles. The predicted molar refractivity (Wildman–Crippen MR) is 88.3 cm³/mol. The van der Waals surface area contributed by atoms with Crippen molar-refractivity contribution in [3.63, 3.8) is 0 Å². The average Bonchev–Trinajstić information content (AvgIpc) is 2.53. The minimum absolute atomic E-state index is 0.181. The number of likely N-dealkylation sites (tertiary alicyclic amines) is 1. The van der Waals surface area contributed by atoms with Gasteiger partial charge in [0.25, 0.3) is 5.91 Å². The van der Waals surface area contributed by atoms with E-state index in [-0.39, 0.29) is 23.7 Å². The van der Waals surface area contributed by atoms with Gasteiger partial charge in [-0.3, -0.25) is 24.1 Å². The first-order valence-electron chi connectivity index (χ1n) is 7.54. The van der Waals surface area contributed by atoms with E-state index in [9.17, 15) is 29.1 Å². The van der Waals surface area contributed by atoms with Crippen LogP contribution in [0.25, 0.3) is 0 Å². The van der Waals surface area contributed by atoms with Crippen LogP contribution in [-0.4, -0.2) is 55.4 Å². The molecule has 138 valence electrons. The first-order chi connectivity index (χ1) is 11.6. The number of β-lactam (4-membered cyclic amide) rings is 1. The summed E-state index contributed by atoms with van der Waals surface area (Å²) in [6.07, 6.45) is -0.525. The maximum Gasteiger partial charge on any atom is 0.352 e. The molecule has 2 amide bonds. The second-order valence-corrected chi connectivity index (χ2v) is 6.71. The SMILES string of the molecule is CCC(=O)SC1C(NC(=O)CCC(=O)O)C(=O)N1C(C(=O)O)=C(C)C. The monoisotopic (exact) mass is 372 g/mol. The van der Waals surface area contributed by atoms with E-state index in [0.717, 1.165) is 16.7 Å². The van der Waals surface area contributed by atoms with Crippen LogP contribution >= 0.6 is 11.8 Å². The number of thioether (sulfide) groups is 1. The van der Waals surface area contributed by atoms with Crippen LogP contribution < -0.4 is 5.32 Å². The zero-order chi connectivity index (χ0) is 19.3. The number of rotatable bonds is 8. The summed E-state index contributed by atoms with van der Waals surface area (Å²) < 4.78 is 0. The molecule has 1 aliphatic heterocycles. The highest BCUT2D eigenvalue weighted by Crippen LogP contribution is 2.35. The first kappa shape index (κ1) is 20.7. The van der Waals surface area contributed by atoms with Crippen molar-refractivity contribution in [2.75, 3.05) is 0 Å². The molecule has 1 fully saturated rings. The molecule has 1 heterocycles. The molecule has 0 bridgehead atoms. The van der Waals surface area contributed by atoms with Crippen molar-refractivity contribution >= 4 is 40.6 Å². The molecule has 0 saturated carbocycles. The number of hydrogen-bond acceptors (Lipinski definition) is 6. The minimum atomic E-state index is -1.31. The van der Waals surface area contributed by atoms with Gasteiger partial charge >= 0.3 is 11.9 Å². The van der Waals surface area contributed by atoms with Gasteiger partial charge in [-0.1, -0.05) is 18.7 Å². The molecule has 9 nitrogen and oxygen atoms in total. The topological polar surface area (TPSA) is 141 Å². The van der Waals surface area contributed by atoms with Crippen LogP contribution in [0.15, 0.2) is 11.3 Å². The molecule has 3 N–H and O–H groups in total. The normalized spacial score (nSPS) is 19.0. The summed E-state index contributed by atoms with van der Waals surface area (Å²) in [6, 6.07) is -1.07. The van der Waals surface area contributed by atoms with Gasteiger partial charge in [0.2, 0.25) is 5.91 Å². The third kappa shape index (κ3) is 5.05. The van der Waals surface area contributed by atoms with E-state index in [1.807, 2.05) is 0 Å². The lowest BCUT2D eigenvalue weighted by Crippen LogP contribution is -2.69. The minimum Gasteiger partial charge on any atom is -0.481 e. The molecule has 1 aliphatic rings. The Kier molecular flexibility index (Phi) is 7.16. The maximum atomic E-state index is 12.3. The zero-order valence-corrected chi connectivity index (χ0v) is 14.9. The summed E-state index contributed by atoms with van der Waals surface area (Å²) in [4.78, 5) is 58.8. The number of amides is 2. The Balaban J connectivity index is 2.99. The van der Waals surface area contributed by atoms with E-state index in [4.69, 9.17) is 5.11 Å². The number of nitrogens with zero attached hydrogens (tertiary/aromatic N) is 1. The lowest BCUT2D eigenvalue weighted by Gasteiger charge is -2.46. The number of allylic oxidation sites excluding steroid dienone is 1. The highest BCUT2D eigenvalue weighted by atomic mass is 32.2. The highest BCUT2D eigenvalue weighted by molar-refractivity contribution is 8.14. The molecule has 0 radical (unpaired) electrons. The molecule has 2 atom stereocenters. The molecule has 25 heavy (non-hydrogen) atoms. The van der Waals surface area contributed by atoms with Crippen molar-refractivity contribution in [3.8, 4) is 0 Å². The van der Waals surface area contributed by atoms with Crippen LogP contribution in [0.5, 0.6) is 0 Å². The van der Waals surface area contributed by atoms with Crippen LogP contribution in [0, 0.1) is 0 Å². The average molecular weight is 372 g/mol. The molecule has 0 aromatic rings. The van der Waals surface area contributed by atoms with Gasteiger partial charge in [-0.05, 0) is 19.4 Å². The van der Waals surface area contributed by atoms with Crippen molar-refractivity contribution in [2.45, 2.75) is 51.4 Å². The lowest BCUT2D eigenvalue weighted by atomic mass is 10.0. The van der Waals surface area contributed by atoms with Crippen molar-refractivity contribution in [1.29, 1.82) is 0 Å². The smallest absolute Gasteiger partial charge is 0.352 e. The lowest BCUT2D eigenvalue weighted by molar-refractivity contribution is -0.150. The molecule has 0 spiro atoms. The molecular weight excluding hydrogens is 352 g/mol. The molecule has 0 aliphatic carbocycles. The van der Waals surface area contributed by atoms with E-state index >= 15 is 0 Å². The summed E-state index contributed by atoms with van der Waals surface area (Å²) >= 11 is 0.773. The van der Waals surface area contributed by atoms with Gasteiger partial charge in [-0.25, -0.2) is 4.79 Å². The van der Waals surface area contributed by atoms with Crippen LogP contribution in [0.3, 0.4) is 0 Å². The zero-order valence-electron chi connectivity index (χ0n) is 14.1. The van der Waals surface area contributed by atoms with Crippen molar-refractivity contribution < 1.29 is 34.2 Å². The number of carboxylic acids is 2. The maximum absolute atomic E-state index is 12.3. The number of hydrogen-bond donors (Lipinski definition) is 3. The Morgan fingerprint density at radius 2 is 1.76 bits per heavy atom. The number of carbonyl (C=O) groups excluding carboxylic acids is 3. The quantitative estimate of drug-likeness (QED) is 0.414. The Morgan fingerprint density at radius 1 is 1.16 bits per heavy atom. The third-order valence-electron chi connectivity index (χ3n) is 3.38. The van der Waals surface area contributed by atoms with Crippen LogP contribution in [-0.2, 0) is 24.0 Å². The summed E-state index contributed by atoms with van der Waals surface area (Å²) in [5, 5.41) is 19.1. The van der Waals surface area contributed by atoms with Gasteiger partial charge in [0, 0.05) is 12.8 Å². The Labute approximate surface area is 148 Å². The molecule has 1 rings (SSSR count). The summed E-state index contributed by atoms with van der Waals surface area (Å²) in [6.45, 7) is 4.68. The second kappa shape index (κ2) is 8.65. The largest absolute Gasteiger partial charge is 0.481 e. The second-order valence-electron chi connectivity index (χ2n) is 5.53. The van der Waals surface area contributed by atoms with Crippen LogP contribution in [0.1, 0.15) is 40.0 Å². The fraction of sp³-hybridized carbons (Fsp3) is 0.533. The van der Waals surface area contributed by atoms with Crippen molar-refractivity contribution in [3.05, 3.63) is 11.3 Å². The fourth-order valence-electron chi connectivity index (χ4n) is 2.20. The van der Waals surface area contributed by atoms with Crippen molar-refractivity contribution in [1.82, 2.24) is 10.2 Å². The number of carbonyl (C=O) groups is 5. The van der Waals surface area contributed by atoms with Gasteiger partial charge in [-0.2, -0.15) is 0 Å². The van der Waals surface area contributed by atoms with Gasteiger partial charge in [-0.15, -0.1) is 0 Å². The van der Waals surface area contributed by atoms with Gasteiger partial charge in [0.05, 0.1) is 6.42 Å². The molecule has 2 unspecified atom stereocenters. The van der Waals surface area contributed by atoms with E-state index in [0.29, 0.717) is 5.57 Å². The third-order valence-corrected chi connectivity index (χ3v) is 4.66. The summed E-state index contributed by atoms with van der Waals surface area (Å²) in [5.41, 5.74) is 0.147. The van der Waals surface area contributed by atoms with E-state index in [2.05, 4.69) is 5.32 Å². The van der Waals surface area contributed by atoms with Crippen LogP contribution in [0.2, 0.25) is 0 Å². The van der Waals surface area contributed by atoms with Gasteiger partial charge in [0.1, 0.15) is 17.1 Å². The number of aliphatic carboxylic acids is 2. The predicted octanol–water partition coefficient (Wildman–Crippen LogP) is 0.553. The van der Waals surface area contributed by atoms with Crippen molar-refractivity contribution in [2.24, 2.45) is 0 Å². The van der Waals surface area contributed by atoms with E-state index in [1.165, 1.54) is 13.8 Å². The van der Waals surface area contributed by atoms with E-state index < -0.39 is 41.6 Å². The van der Waals surface area contributed by atoms with Gasteiger partial charge in [0.15, 0.2) is 5.12 Å². The standard InChI is InChI=1S/C15H20N2O7S/c1-4-10(21)25-14-11(16-8(18)5-6-9(19)20)13(22)17(14)12(7(2)3)15(23)24/h11,14H,4-6H2,1-3H3,(H,16,18)(H,19,20)(H,23,24). The fourth-order valence-corrected chi connectivity index (χ4v) is 3.27. The Morgan fingerprint density at radius 3 is 2.20 bits per heavy atom. The first-order valence-corrected chi connectivity index (χ1v) is 8.42. The molecule has 0 aromatic heterocycles. The van der Waals surface area contributed by atoms with Crippen LogP contribution in [0.4, 0.5) is 0 Å². The molecule has 10 heteroatoms. The number of nitrogens with one attached hydrogen (secondary N) is 1. The number of carboxylic acid groups (broad SMARTS) is 2. The molecule has 1 saturated heterocycles. The summed E-state index contributed by atoms with van der Waals surface area (Å²) in [7, 11) is 0. The van der Waals surface area contributed by atoms with E-state index in [1.54, 1.807) is 6.92 Å². The van der Waals surface area contributed by atoms with Gasteiger partial charge < -0.3 is 15.5 Å².